The number of hydrogen-bond donors (Lipinski definition) is 1. The van der Waals surface area contributed by atoms with Crippen LogP contribution in [0.2, 0.25) is 0 Å². The van der Waals surface area contributed by atoms with Crippen LogP contribution in [0, 0.1) is 0 Å². The van der Waals surface area contributed by atoms with Gasteiger partial charge in [-0.05, 0) is 25.0 Å². The van der Waals surface area contributed by atoms with E-state index in [4.69, 9.17) is 4.98 Å². The molecule has 3 heterocycles. The number of carbonyl (C=O) groups excluding carboxylic acids is 1. The third-order valence-electron chi connectivity index (χ3n) is 4.62. The van der Waals surface area contributed by atoms with E-state index in [2.05, 4.69) is 15.2 Å². The first kappa shape index (κ1) is 14.9. The van der Waals surface area contributed by atoms with Crippen molar-refractivity contribution < 1.29 is 4.79 Å². The molecule has 4 rings (SSSR count). The summed E-state index contributed by atoms with van der Waals surface area (Å²) < 4.78 is 1.83. The van der Waals surface area contributed by atoms with Gasteiger partial charge in [-0.2, -0.15) is 0 Å². The van der Waals surface area contributed by atoms with Crippen molar-refractivity contribution in [3.63, 3.8) is 0 Å². The monoisotopic (exact) mass is 324 g/mol. The Labute approximate surface area is 139 Å². The molecule has 0 aliphatic carbocycles. The predicted molar refractivity (Wildman–Crippen MR) is 89.3 cm³/mol. The molecule has 1 fully saturated rings. The van der Waals surface area contributed by atoms with Crippen LogP contribution in [0.3, 0.4) is 0 Å². The van der Waals surface area contributed by atoms with Gasteiger partial charge >= 0.3 is 0 Å². The van der Waals surface area contributed by atoms with E-state index < -0.39 is 0 Å². The minimum absolute atomic E-state index is 0.185. The minimum Gasteiger partial charge on any atom is -0.342 e. The van der Waals surface area contributed by atoms with Crippen LogP contribution in [0.1, 0.15) is 31.0 Å². The summed E-state index contributed by atoms with van der Waals surface area (Å²) in [5.41, 5.74) is 2.05. The van der Waals surface area contributed by atoms with Crippen molar-refractivity contribution >= 4 is 16.9 Å². The predicted octanol–water partition coefficient (Wildman–Crippen LogP) is 1.95. The smallest absolute Gasteiger partial charge is 0.224 e. The molecule has 2 aromatic heterocycles. The number of imidazole rings is 1. The summed E-state index contributed by atoms with van der Waals surface area (Å²) in [7, 11) is 0. The van der Waals surface area contributed by atoms with Crippen LogP contribution in [0.5, 0.6) is 0 Å². The number of rotatable bonds is 4. The van der Waals surface area contributed by atoms with Gasteiger partial charge in [0.2, 0.25) is 5.91 Å². The Kier molecular flexibility index (Phi) is 3.98. The van der Waals surface area contributed by atoms with Crippen LogP contribution in [0.4, 0.5) is 0 Å². The van der Waals surface area contributed by atoms with Crippen LogP contribution in [0.15, 0.2) is 36.9 Å². The van der Waals surface area contributed by atoms with Gasteiger partial charge in [0.05, 0.1) is 11.0 Å². The Balaban J connectivity index is 1.42. The zero-order valence-corrected chi connectivity index (χ0v) is 13.4. The number of H-pyrrole nitrogens is 1. The number of likely N-dealkylation sites (tertiary alicyclic amines) is 1. The molecular formula is C17H20N6O. The van der Waals surface area contributed by atoms with Gasteiger partial charge in [0.15, 0.2) is 0 Å². The fraction of sp³-hybridized carbons (Fsp3) is 0.412. The molecule has 1 aromatic carbocycles. The van der Waals surface area contributed by atoms with Gasteiger partial charge in [-0.15, -0.1) is 10.2 Å². The number of benzene rings is 1. The average Bonchev–Trinajstić information content (AvgIpc) is 3.29. The molecule has 7 heteroatoms. The largest absolute Gasteiger partial charge is 0.342 e. The molecule has 0 bridgehead atoms. The second kappa shape index (κ2) is 6.43. The maximum absolute atomic E-state index is 12.5. The summed E-state index contributed by atoms with van der Waals surface area (Å²) in [5, 5.41) is 7.52. The third-order valence-corrected chi connectivity index (χ3v) is 4.62. The zero-order valence-electron chi connectivity index (χ0n) is 13.4. The Morgan fingerprint density at radius 3 is 2.92 bits per heavy atom. The second-order valence-electron chi connectivity index (χ2n) is 6.27. The first-order chi connectivity index (χ1) is 11.8. The van der Waals surface area contributed by atoms with Crippen LogP contribution in [-0.2, 0) is 11.3 Å². The molecular weight excluding hydrogens is 304 g/mol. The van der Waals surface area contributed by atoms with Gasteiger partial charge in [0.25, 0.3) is 0 Å². The molecule has 24 heavy (non-hydrogen) atoms. The Hall–Kier alpha value is -2.70. The lowest BCUT2D eigenvalue weighted by Gasteiger charge is -2.32. The maximum Gasteiger partial charge on any atom is 0.224 e. The maximum atomic E-state index is 12.5. The van der Waals surface area contributed by atoms with Crippen LogP contribution >= 0.6 is 0 Å². The highest BCUT2D eigenvalue weighted by Gasteiger charge is 2.26. The summed E-state index contributed by atoms with van der Waals surface area (Å²) in [6.45, 7) is 2.19. The zero-order chi connectivity index (χ0) is 16.4. The molecule has 1 N–H and O–H groups in total. The van der Waals surface area contributed by atoms with Crippen molar-refractivity contribution in [1.29, 1.82) is 0 Å². The van der Waals surface area contributed by atoms with Crippen LogP contribution < -0.4 is 0 Å². The van der Waals surface area contributed by atoms with E-state index in [1.807, 2.05) is 33.7 Å². The molecule has 0 unspecified atom stereocenters. The highest BCUT2D eigenvalue weighted by Crippen LogP contribution is 2.27. The molecule has 0 saturated carbocycles. The van der Waals surface area contributed by atoms with Crippen molar-refractivity contribution in [2.24, 2.45) is 0 Å². The molecule has 1 atom stereocenters. The number of carbonyl (C=O) groups is 1. The van der Waals surface area contributed by atoms with Crippen molar-refractivity contribution in [3.8, 4) is 0 Å². The van der Waals surface area contributed by atoms with E-state index in [0.29, 0.717) is 13.0 Å². The first-order valence-electron chi connectivity index (χ1n) is 8.34. The number of aromatic nitrogens is 5. The quantitative estimate of drug-likeness (QED) is 0.795. The number of nitrogens with one attached hydrogen (secondary N) is 1. The lowest BCUT2D eigenvalue weighted by atomic mass is 9.97. The highest BCUT2D eigenvalue weighted by molar-refractivity contribution is 5.76. The molecule has 124 valence electrons. The lowest BCUT2D eigenvalue weighted by molar-refractivity contribution is -0.132. The Morgan fingerprint density at radius 1 is 1.25 bits per heavy atom. The van der Waals surface area contributed by atoms with E-state index in [1.54, 1.807) is 12.7 Å². The van der Waals surface area contributed by atoms with Crippen molar-refractivity contribution in [1.82, 2.24) is 29.6 Å². The summed E-state index contributed by atoms with van der Waals surface area (Å²) in [6.07, 6.45) is 5.83. The van der Waals surface area contributed by atoms with Gasteiger partial charge in [0, 0.05) is 32.0 Å². The van der Waals surface area contributed by atoms with Gasteiger partial charge in [-0.3, -0.25) is 4.79 Å². The number of hydrogen-bond acceptors (Lipinski definition) is 4. The third kappa shape index (κ3) is 3.02. The van der Waals surface area contributed by atoms with Crippen molar-refractivity contribution in [3.05, 3.63) is 42.7 Å². The van der Waals surface area contributed by atoms with E-state index >= 15 is 0 Å². The number of aryl methyl sites for hydroxylation is 1. The molecule has 1 aliphatic heterocycles. The summed E-state index contributed by atoms with van der Waals surface area (Å²) >= 11 is 0. The van der Waals surface area contributed by atoms with Crippen LogP contribution in [0.25, 0.3) is 11.0 Å². The summed E-state index contributed by atoms with van der Waals surface area (Å²) in [5.74, 6) is 1.46. The van der Waals surface area contributed by atoms with Crippen molar-refractivity contribution in [2.75, 3.05) is 13.1 Å². The van der Waals surface area contributed by atoms with E-state index in [9.17, 15) is 4.79 Å². The molecule has 1 aliphatic rings. The van der Waals surface area contributed by atoms with Gasteiger partial charge in [-0.25, -0.2) is 4.98 Å². The van der Waals surface area contributed by atoms with Gasteiger partial charge in [0.1, 0.15) is 18.5 Å². The fourth-order valence-corrected chi connectivity index (χ4v) is 3.31. The van der Waals surface area contributed by atoms with Crippen molar-refractivity contribution in [2.45, 2.75) is 31.7 Å². The second-order valence-corrected chi connectivity index (χ2v) is 6.27. The van der Waals surface area contributed by atoms with Crippen LogP contribution in [-0.4, -0.2) is 48.6 Å². The lowest BCUT2D eigenvalue weighted by Crippen LogP contribution is -2.39. The SMILES string of the molecule is O=C(CCn1cnnc1)N1CCC[C@H](c2nc3ccccc3[nH]2)C1. The first-order valence-corrected chi connectivity index (χ1v) is 8.34. The Bertz CT molecular complexity index is 792. The number of piperidine rings is 1. The fourth-order valence-electron chi connectivity index (χ4n) is 3.31. The molecule has 1 amide bonds. The van der Waals surface area contributed by atoms with E-state index in [-0.39, 0.29) is 11.8 Å². The Morgan fingerprint density at radius 2 is 2.08 bits per heavy atom. The molecule has 1 saturated heterocycles. The van der Waals surface area contributed by atoms with E-state index in [1.165, 1.54) is 0 Å². The topological polar surface area (TPSA) is 79.7 Å². The number of para-hydroxylation sites is 2. The van der Waals surface area contributed by atoms with E-state index in [0.717, 1.165) is 42.8 Å². The highest BCUT2D eigenvalue weighted by atomic mass is 16.2. The molecule has 7 nitrogen and oxygen atoms in total. The molecule has 0 spiro atoms. The summed E-state index contributed by atoms with van der Waals surface area (Å²) in [4.78, 5) is 22.6. The summed E-state index contributed by atoms with van der Waals surface area (Å²) in [6, 6.07) is 8.05. The number of nitrogens with zero attached hydrogens (tertiary/aromatic N) is 5. The number of aromatic amines is 1. The average molecular weight is 324 g/mol. The normalized spacial score (nSPS) is 18.2. The van der Waals surface area contributed by atoms with Gasteiger partial charge < -0.3 is 14.5 Å². The number of fused-ring (bicyclic) bond motifs is 1. The molecule has 3 aromatic rings. The molecule has 0 radical (unpaired) electrons. The standard InChI is InChI=1S/C17H20N6O/c24-16(7-9-22-11-18-19-12-22)23-8-3-4-13(10-23)17-20-14-5-1-2-6-15(14)21-17/h1-2,5-6,11-13H,3-4,7-10H2,(H,20,21)/t13-/m0/s1. The minimum atomic E-state index is 0.185. The van der Waals surface area contributed by atoms with Gasteiger partial charge in [-0.1, -0.05) is 12.1 Å². The number of amides is 1.